The molecule has 1 fully saturated rings. The van der Waals surface area contributed by atoms with Crippen LogP contribution >= 0.6 is 24.2 Å². The van der Waals surface area contributed by atoms with Crippen molar-refractivity contribution in [3.8, 4) is 0 Å². The summed E-state index contributed by atoms with van der Waals surface area (Å²) in [4.78, 5) is 13.3. The number of nitrogens with two attached hydrogens (primary N) is 1. The van der Waals surface area contributed by atoms with Gasteiger partial charge in [0, 0.05) is 16.7 Å². The molecule has 1 heterocycles. The van der Waals surface area contributed by atoms with Crippen LogP contribution in [0.2, 0.25) is 0 Å². The summed E-state index contributed by atoms with van der Waals surface area (Å²) >= 11 is 1.74. The number of nitrogens with one attached hydrogen (secondary N) is 1. The Labute approximate surface area is 136 Å². The Morgan fingerprint density at radius 1 is 1.43 bits per heavy atom. The molecule has 3 N–H and O–H groups in total. The van der Waals surface area contributed by atoms with E-state index in [0.717, 1.165) is 23.4 Å². The maximum atomic E-state index is 12.2. The predicted molar refractivity (Wildman–Crippen MR) is 90.3 cm³/mol. The molecular weight excluding hydrogens is 308 g/mol. The molecule has 2 atom stereocenters. The molecule has 1 aliphatic rings. The Balaban J connectivity index is 0.00000220. The van der Waals surface area contributed by atoms with E-state index in [2.05, 4.69) is 19.2 Å². The normalized spacial score (nSPS) is 21.1. The topological polar surface area (TPSA) is 64.4 Å². The van der Waals surface area contributed by atoms with Gasteiger partial charge in [-0.05, 0) is 25.0 Å². The number of rotatable bonds is 5. The van der Waals surface area contributed by atoms with Crippen LogP contribution in [0.5, 0.6) is 0 Å². The van der Waals surface area contributed by atoms with E-state index in [-0.39, 0.29) is 30.5 Å². The van der Waals surface area contributed by atoms with Gasteiger partial charge in [0.25, 0.3) is 5.91 Å². The fourth-order valence-corrected chi connectivity index (χ4v) is 3.12. The highest BCUT2D eigenvalue weighted by molar-refractivity contribution is 8.00. The summed E-state index contributed by atoms with van der Waals surface area (Å²) in [5, 5.41) is 3.45. The number of carbonyl (C=O) groups excluding carboxylic acids is 1. The second kappa shape index (κ2) is 8.63. The second-order valence-corrected chi connectivity index (χ2v) is 6.83. The average Bonchev–Trinajstić information content (AvgIpc) is 2.89. The van der Waals surface area contributed by atoms with E-state index in [1.54, 1.807) is 11.8 Å². The minimum atomic E-state index is -0.374. The number of benzene rings is 1. The molecule has 1 aromatic rings. The van der Waals surface area contributed by atoms with Crippen molar-refractivity contribution in [1.82, 2.24) is 0 Å². The highest BCUT2D eigenvalue weighted by Gasteiger charge is 2.30. The Bertz CT molecular complexity index is 471. The van der Waals surface area contributed by atoms with E-state index in [1.165, 1.54) is 0 Å². The fourth-order valence-electron chi connectivity index (χ4n) is 2.21. The number of carbonyl (C=O) groups is 1. The average molecular weight is 331 g/mol. The highest BCUT2D eigenvalue weighted by Crippen LogP contribution is 2.30. The van der Waals surface area contributed by atoms with Crippen LogP contribution in [0.15, 0.2) is 29.2 Å². The van der Waals surface area contributed by atoms with Crippen molar-refractivity contribution in [2.24, 2.45) is 5.73 Å². The molecule has 0 radical (unpaired) electrons. The molecule has 2 rings (SSSR count). The summed E-state index contributed by atoms with van der Waals surface area (Å²) < 4.78 is 5.62. The Kier molecular flexibility index (Phi) is 7.52. The van der Waals surface area contributed by atoms with Crippen molar-refractivity contribution >= 4 is 35.8 Å². The van der Waals surface area contributed by atoms with Crippen LogP contribution in [0.4, 0.5) is 5.69 Å². The summed E-state index contributed by atoms with van der Waals surface area (Å²) in [5.41, 5.74) is 6.43. The van der Waals surface area contributed by atoms with Crippen LogP contribution in [0, 0.1) is 0 Å². The summed E-state index contributed by atoms with van der Waals surface area (Å²) in [6.07, 6.45) is 1.25. The monoisotopic (exact) mass is 330 g/mol. The zero-order chi connectivity index (χ0) is 14.5. The van der Waals surface area contributed by atoms with Crippen LogP contribution in [-0.4, -0.2) is 29.9 Å². The molecule has 21 heavy (non-hydrogen) atoms. The second-order valence-electron chi connectivity index (χ2n) is 5.21. The van der Waals surface area contributed by atoms with Gasteiger partial charge in [0.05, 0.1) is 11.8 Å². The van der Waals surface area contributed by atoms with Gasteiger partial charge in [0.1, 0.15) is 6.10 Å². The molecule has 1 aromatic carbocycles. The Morgan fingerprint density at radius 2 is 2.14 bits per heavy atom. The molecule has 0 spiro atoms. The highest BCUT2D eigenvalue weighted by atomic mass is 35.5. The molecule has 118 valence electrons. The van der Waals surface area contributed by atoms with Gasteiger partial charge in [-0.1, -0.05) is 26.0 Å². The van der Waals surface area contributed by atoms with Crippen molar-refractivity contribution < 1.29 is 9.53 Å². The van der Waals surface area contributed by atoms with E-state index >= 15 is 0 Å². The first kappa shape index (κ1) is 18.3. The standard InChI is InChI=1S/C15H22N2O2S.ClH/c1-10(2)20-14-6-4-3-5-12(14)17-15(18)13-8-7-11(9-16)19-13;/h3-6,10-11,13H,7-9,16H2,1-2H3,(H,17,18);1H/t11-,13+;/m1./s1. The lowest BCUT2D eigenvalue weighted by Gasteiger charge is -2.15. The van der Waals surface area contributed by atoms with Gasteiger partial charge in [-0.15, -0.1) is 24.2 Å². The van der Waals surface area contributed by atoms with Crippen molar-refractivity contribution in [2.45, 2.75) is 49.0 Å². The summed E-state index contributed by atoms with van der Waals surface area (Å²) in [5.74, 6) is -0.0715. The van der Waals surface area contributed by atoms with Crippen molar-refractivity contribution in [3.05, 3.63) is 24.3 Å². The smallest absolute Gasteiger partial charge is 0.253 e. The number of hydrogen-bond donors (Lipinski definition) is 2. The SMILES string of the molecule is CC(C)Sc1ccccc1NC(=O)[C@@H]1CC[C@H](CN)O1.Cl. The lowest BCUT2D eigenvalue weighted by atomic mass is 10.2. The fraction of sp³-hybridized carbons (Fsp3) is 0.533. The van der Waals surface area contributed by atoms with Crippen LogP contribution in [0.3, 0.4) is 0 Å². The van der Waals surface area contributed by atoms with Crippen molar-refractivity contribution in [3.63, 3.8) is 0 Å². The van der Waals surface area contributed by atoms with Gasteiger partial charge in [0.2, 0.25) is 0 Å². The van der Waals surface area contributed by atoms with Crippen molar-refractivity contribution in [2.75, 3.05) is 11.9 Å². The third kappa shape index (κ3) is 5.18. The molecule has 1 aliphatic heterocycles. The van der Waals surface area contributed by atoms with Crippen LogP contribution in [-0.2, 0) is 9.53 Å². The maximum absolute atomic E-state index is 12.2. The number of para-hydroxylation sites is 1. The molecule has 0 bridgehead atoms. The number of ether oxygens (including phenoxy) is 1. The van der Waals surface area contributed by atoms with E-state index < -0.39 is 0 Å². The third-order valence-corrected chi connectivity index (χ3v) is 4.25. The first-order valence-electron chi connectivity index (χ1n) is 7.02. The van der Waals surface area contributed by atoms with E-state index in [9.17, 15) is 4.79 Å². The van der Waals surface area contributed by atoms with Gasteiger partial charge in [0.15, 0.2) is 0 Å². The summed E-state index contributed by atoms with van der Waals surface area (Å²) in [6.45, 7) is 4.74. The quantitative estimate of drug-likeness (QED) is 0.814. The minimum absolute atomic E-state index is 0. The van der Waals surface area contributed by atoms with Gasteiger partial charge >= 0.3 is 0 Å². The first-order chi connectivity index (χ1) is 9.60. The summed E-state index contributed by atoms with van der Waals surface area (Å²) in [7, 11) is 0. The first-order valence-corrected chi connectivity index (χ1v) is 7.90. The van der Waals surface area contributed by atoms with Gasteiger partial charge < -0.3 is 15.8 Å². The van der Waals surface area contributed by atoms with E-state index in [0.29, 0.717) is 11.8 Å². The lowest BCUT2D eigenvalue weighted by Crippen LogP contribution is -2.30. The molecule has 0 aromatic heterocycles. The van der Waals surface area contributed by atoms with Crippen molar-refractivity contribution in [1.29, 1.82) is 0 Å². The molecule has 0 saturated carbocycles. The molecular formula is C15H23ClN2O2S. The molecule has 0 unspecified atom stereocenters. The lowest BCUT2D eigenvalue weighted by molar-refractivity contribution is -0.126. The number of anilines is 1. The van der Waals surface area contributed by atoms with Crippen LogP contribution in [0.25, 0.3) is 0 Å². The van der Waals surface area contributed by atoms with Gasteiger partial charge in [-0.25, -0.2) is 0 Å². The molecule has 1 amide bonds. The van der Waals surface area contributed by atoms with E-state index in [1.807, 2.05) is 24.3 Å². The Hall–Kier alpha value is -0.750. The third-order valence-electron chi connectivity index (χ3n) is 3.17. The molecule has 0 aliphatic carbocycles. The molecule has 4 nitrogen and oxygen atoms in total. The minimum Gasteiger partial charge on any atom is -0.364 e. The number of hydrogen-bond acceptors (Lipinski definition) is 4. The number of halogens is 1. The largest absolute Gasteiger partial charge is 0.364 e. The summed E-state index contributed by atoms with van der Waals surface area (Å²) in [6, 6.07) is 7.87. The van der Waals surface area contributed by atoms with Gasteiger partial charge in [-0.2, -0.15) is 0 Å². The number of thioether (sulfide) groups is 1. The predicted octanol–water partition coefficient (Wildman–Crippen LogP) is 3.05. The maximum Gasteiger partial charge on any atom is 0.253 e. The van der Waals surface area contributed by atoms with Gasteiger partial charge in [-0.3, -0.25) is 4.79 Å². The van der Waals surface area contributed by atoms with Crippen LogP contribution in [0.1, 0.15) is 26.7 Å². The molecule has 6 heteroatoms. The molecule has 1 saturated heterocycles. The number of amides is 1. The Morgan fingerprint density at radius 3 is 2.76 bits per heavy atom. The zero-order valence-corrected chi connectivity index (χ0v) is 14.0. The van der Waals surface area contributed by atoms with E-state index in [4.69, 9.17) is 10.5 Å². The zero-order valence-electron chi connectivity index (χ0n) is 12.4. The van der Waals surface area contributed by atoms with Crippen LogP contribution < -0.4 is 11.1 Å².